The minimum absolute atomic E-state index is 0.0322. The van der Waals surface area contributed by atoms with Gasteiger partial charge in [0.05, 0.1) is 25.0 Å². The number of aliphatic hydroxyl groups excluding tert-OH is 1. The number of carbonyl (C=O) groups is 1. The van der Waals surface area contributed by atoms with Crippen LogP contribution < -0.4 is 10.6 Å². The molecule has 0 unspecified atom stereocenters. The fraction of sp³-hybridized carbons (Fsp3) is 0.474. The molecule has 0 saturated heterocycles. The van der Waals surface area contributed by atoms with Crippen LogP contribution in [0.3, 0.4) is 0 Å². The Morgan fingerprint density at radius 3 is 2.72 bits per heavy atom. The number of rotatable bonds is 8. The molecule has 1 amide bonds. The Balaban J connectivity index is 1.41. The molecule has 1 aliphatic rings. The molecule has 1 fully saturated rings. The molecule has 0 bridgehead atoms. The van der Waals surface area contributed by atoms with Crippen LogP contribution in [0.2, 0.25) is 0 Å². The maximum Gasteiger partial charge on any atom is 0.233 e. The number of hydrogen-bond acceptors (Lipinski definition) is 4. The fourth-order valence-corrected chi connectivity index (χ4v) is 3.33. The van der Waals surface area contributed by atoms with E-state index in [1.807, 2.05) is 47.4 Å². The standard InChI is InChI=1S/C19H26N4O2/c24-15-19(9-4-5-10-19)21-13-18(25)20-11-8-16-12-22-23(14-16)17-6-2-1-3-7-17/h1-3,6-7,12,14,21,24H,4-5,8-11,13,15H2,(H,20,25). The highest BCUT2D eigenvalue weighted by Gasteiger charge is 2.32. The molecule has 25 heavy (non-hydrogen) atoms. The van der Waals surface area contributed by atoms with Crippen LogP contribution in [-0.4, -0.2) is 46.0 Å². The van der Waals surface area contributed by atoms with Gasteiger partial charge >= 0.3 is 0 Å². The third-order valence-corrected chi connectivity index (χ3v) is 4.88. The number of benzene rings is 1. The van der Waals surface area contributed by atoms with Gasteiger partial charge in [0, 0.05) is 18.3 Å². The van der Waals surface area contributed by atoms with Crippen LogP contribution in [0.4, 0.5) is 0 Å². The van der Waals surface area contributed by atoms with Crippen LogP contribution in [-0.2, 0) is 11.2 Å². The number of aromatic nitrogens is 2. The lowest BCUT2D eigenvalue weighted by Crippen LogP contribution is -2.50. The van der Waals surface area contributed by atoms with Crippen LogP contribution in [0, 0.1) is 0 Å². The third-order valence-electron chi connectivity index (χ3n) is 4.88. The van der Waals surface area contributed by atoms with E-state index in [1.165, 1.54) is 0 Å². The second kappa shape index (κ2) is 8.27. The third kappa shape index (κ3) is 4.67. The monoisotopic (exact) mass is 342 g/mol. The van der Waals surface area contributed by atoms with Gasteiger partial charge in [0.2, 0.25) is 5.91 Å². The van der Waals surface area contributed by atoms with E-state index >= 15 is 0 Å². The van der Waals surface area contributed by atoms with Gasteiger partial charge in [-0.3, -0.25) is 4.79 Å². The Bertz CT molecular complexity index is 678. The number of nitrogens with zero attached hydrogens (tertiary/aromatic N) is 2. The van der Waals surface area contributed by atoms with Crippen molar-refractivity contribution < 1.29 is 9.90 Å². The summed E-state index contributed by atoms with van der Waals surface area (Å²) in [5.74, 6) is -0.0322. The van der Waals surface area contributed by atoms with Crippen molar-refractivity contribution in [3.8, 4) is 5.69 Å². The molecule has 1 saturated carbocycles. The van der Waals surface area contributed by atoms with Gasteiger partial charge < -0.3 is 15.7 Å². The van der Waals surface area contributed by atoms with E-state index in [0.717, 1.165) is 43.4 Å². The number of amides is 1. The Morgan fingerprint density at radius 1 is 1.24 bits per heavy atom. The topological polar surface area (TPSA) is 79.2 Å². The smallest absolute Gasteiger partial charge is 0.233 e. The quantitative estimate of drug-likeness (QED) is 0.678. The Labute approximate surface area is 148 Å². The summed E-state index contributed by atoms with van der Waals surface area (Å²) in [6.07, 6.45) is 8.66. The van der Waals surface area contributed by atoms with Crippen molar-refractivity contribution in [3.05, 3.63) is 48.3 Å². The van der Waals surface area contributed by atoms with E-state index in [1.54, 1.807) is 0 Å². The van der Waals surface area contributed by atoms with Gasteiger partial charge in [-0.2, -0.15) is 5.10 Å². The summed E-state index contributed by atoms with van der Waals surface area (Å²) in [7, 11) is 0. The largest absolute Gasteiger partial charge is 0.394 e. The highest BCUT2D eigenvalue weighted by Crippen LogP contribution is 2.28. The second-order valence-corrected chi connectivity index (χ2v) is 6.73. The molecular formula is C19H26N4O2. The first-order valence-corrected chi connectivity index (χ1v) is 8.92. The van der Waals surface area contributed by atoms with Gasteiger partial charge in [0.1, 0.15) is 0 Å². The van der Waals surface area contributed by atoms with Crippen LogP contribution in [0.25, 0.3) is 5.69 Å². The summed E-state index contributed by atoms with van der Waals surface area (Å²) < 4.78 is 1.84. The Kier molecular flexibility index (Phi) is 5.83. The molecule has 0 spiro atoms. The number of nitrogens with one attached hydrogen (secondary N) is 2. The molecule has 0 aliphatic heterocycles. The molecule has 6 heteroatoms. The maximum atomic E-state index is 12.0. The molecular weight excluding hydrogens is 316 g/mol. The van der Waals surface area contributed by atoms with Crippen molar-refractivity contribution in [2.24, 2.45) is 0 Å². The zero-order valence-corrected chi connectivity index (χ0v) is 14.4. The SMILES string of the molecule is O=C(CNC1(CO)CCCC1)NCCc1cnn(-c2ccccc2)c1. The lowest BCUT2D eigenvalue weighted by molar-refractivity contribution is -0.120. The van der Waals surface area contributed by atoms with Gasteiger partial charge in [-0.1, -0.05) is 31.0 Å². The van der Waals surface area contributed by atoms with Crippen molar-refractivity contribution in [1.82, 2.24) is 20.4 Å². The molecule has 1 aromatic carbocycles. The van der Waals surface area contributed by atoms with Crippen molar-refractivity contribution in [1.29, 1.82) is 0 Å². The summed E-state index contributed by atoms with van der Waals surface area (Å²) in [6.45, 7) is 0.926. The van der Waals surface area contributed by atoms with E-state index in [2.05, 4.69) is 15.7 Å². The van der Waals surface area contributed by atoms with Gasteiger partial charge in [0.15, 0.2) is 0 Å². The highest BCUT2D eigenvalue weighted by atomic mass is 16.3. The molecule has 2 aromatic rings. The first kappa shape index (κ1) is 17.6. The molecule has 134 valence electrons. The average Bonchev–Trinajstić information content (AvgIpc) is 3.31. The van der Waals surface area contributed by atoms with Crippen molar-refractivity contribution in [2.75, 3.05) is 19.7 Å². The van der Waals surface area contributed by atoms with Crippen molar-refractivity contribution >= 4 is 5.91 Å². The normalized spacial score (nSPS) is 16.0. The Hall–Kier alpha value is -2.18. The molecule has 1 heterocycles. The van der Waals surface area contributed by atoms with Crippen molar-refractivity contribution in [2.45, 2.75) is 37.6 Å². The van der Waals surface area contributed by atoms with Crippen LogP contribution >= 0.6 is 0 Å². The molecule has 6 nitrogen and oxygen atoms in total. The van der Waals surface area contributed by atoms with Gasteiger partial charge in [0.25, 0.3) is 0 Å². The zero-order valence-electron chi connectivity index (χ0n) is 14.4. The summed E-state index contributed by atoms with van der Waals surface area (Å²) in [5, 5.41) is 20.1. The Morgan fingerprint density at radius 2 is 2.00 bits per heavy atom. The van der Waals surface area contributed by atoms with Crippen LogP contribution in [0.1, 0.15) is 31.2 Å². The summed E-state index contributed by atoms with van der Waals surface area (Å²) in [4.78, 5) is 12.0. The number of hydrogen-bond donors (Lipinski definition) is 3. The average molecular weight is 342 g/mol. The minimum Gasteiger partial charge on any atom is -0.394 e. The van der Waals surface area contributed by atoms with E-state index in [0.29, 0.717) is 6.54 Å². The van der Waals surface area contributed by atoms with Crippen molar-refractivity contribution in [3.63, 3.8) is 0 Å². The summed E-state index contributed by atoms with van der Waals surface area (Å²) >= 11 is 0. The molecule has 0 atom stereocenters. The number of aliphatic hydroxyl groups is 1. The minimum atomic E-state index is -0.256. The van der Waals surface area contributed by atoms with Crippen LogP contribution in [0.5, 0.6) is 0 Å². The molecule has 3 N–H and O–H groups in total. The van der Waals surface area contributed by atoms with E-state index in [9.17, 15) is 9.90 Å². The predicted molar refractivity (Wildman–Crippen MR) is 96.6 cm³/mol. The first-order valence-electron chi connectivity index (χ1n) is 8.92. The zero-order chi connectivity index (χ0) is 17.5. The molecule has 1 aliphatic carbocycles. The van der Waals surface area contributed by atoms with Crippen LogP contribution in [0.15, 0.2) is 42.7 Å². The molecule has 3 rings (SSSR count). The summed E-state index contributed by atoms with van der Waals surface area (Å²) in [5.41, 5.74) is 1.85. The van der Waals surface area contributed by atoms with Gasteiger partial charge in [-0.05, 0) is 37.0 Å². The maximum absolute atomic E-state index is 12.0. The second-order valence-electron chi connectivity index (χ2n) is 6.73. The van der Waals surface area contributed by atoms with E-state index in [-0.39, 0.29) is 24.6 Å². The lowest BCUT2D eigenvalue weighted by Gasteiger charge is -2.27. The lowest BCUT2D eigenvalue weighted by atomic mass is 9.99. The predicted octanol–water partition coefficient (Wildman–Crippen LogP) is 1.43. The molecule has 1 aromatic heterocycles. The molecule has 0 radical (unpaired) electrons. The number of para-hydroxylation sites is 1. The highest BCUT2D eigenvalue weighted by molar-refractivity contribution is 5.78. The first-order chi connectivity index (χ1) is 12.2. The summed E-state index contributed by atoms with van der Waals surface area (Å²) in [6, 6.07) is 9.94. The van der Waals surface area contributed by atoms with Gasteiger partial charge in [-0.25, -0.2) is 4.68 Å². The van der Waals surface area contributed by atoms with E-state index in [4.69, 9.17) is 0 Å². The van der Waals surface area contributed by atoms with E-state index < -0.39 is 0 Å². The fourth-order valence-electron chi connectivity index (χ4n) is 3.33. The number of carbonyl (C=O) groups excluding carboxylic acids is 1. The van der Waals surface area contributed by atoms with Gasteiger partial charge in [-0.15, -0.1) is 0 Å².